The predicted octanol–water partition coefficient (Wildman–Crippen LogP) is 2.55. The second-order valence-corrected chi connectivity index (χ2v) is 5.08. The molecular weight excluding hydrogens is 278 g/mol. The Morgan fingerprint density at radius 3 is 3.09 bits per heavy atom. The van der Waals surface area contributed by atoms with Gasteiger partial charge in [0.1, 0.15) is 6.54 Å². The number of benzene rings is 2. The van der Waals surface area contributed by atoms with Gasteiger partial charge in [0, 0.05) is 11.1 Å². The molecule has 2 aromatic heterocycles. The fraction of sp³-hybridized carbons (Fsp3) is 0.0625. The number of hydrogen-bond acceptors (Lipinski definition) is 3. The Balaban J connectivity index is 1.54. The molecule has 4 aromatic rings. The van der Waals surface area contributed by atoms with Crippen molar-refractivity contribution >= 4 is 33.5 Å². The van der Waals surface area contributed by atoms with E-state index in [1.54, 1.807) is 12.5 Å². The second kappa shape index (κ2) is 5.00. The van der Waals surface area contributed by atoms with E-state index in [0.29, 0.717) is 0 Å². The van der Waals surface area contributed by atoms with E-state index in [9.17, 15) is 4.79 Å². The van der Waals surface area contributed by atoms with Crippen molar-refractivity contribution in [2.75, 3.05) is 5.32 Å². The van der Waals surface area contributed by atoms with Crippen molar-refractivity contribution in [3.05, 3.63) is 55.0 Å². The zero-order valence-corrected chi connectivity index (χ0v) is 11.7. The number of H-pyrrole nitrogens is 1. The molecule has 108 valence electrons. The van der Waals surface area contributed by atoms with Crippen molar-refractivity contribution in [2.45, 2.75) is 6.54 Å². The highest BCUT2D eigenvalue weighted by molar-refractivity contribution is 5.94. The van der Waals surface area contributed by atoms with Crippen LogP contribution in [-0.2, 0) is 11.3 Å². The SMILES string of the molecule is O=C(Cn1cnc2ccccc21)Nc1ccc2cn[nH]c2c1. The summed E-state index contributed by atoms with van der Waals surface area (Å²) >= 11 is 0. The van der Waals surface area contributed by atoms with Crippen LogP contribution in [0, 0.1) is 0 Å². The highest BCUT2D eigenvalue weighted by atomic mass is 16.1. The lowest BCUT2D eigenvalue weighted by Crippen LogP contribution is -2.18. The third-order valence-corrected chi connectivity index (χ3v) is 3.57. The van der Waals surface area contributed by atoms with E-state index in [0.717, 1.165) is 27.6 Å². The zero-order valence-electron chi connectivity index (χ0n) is 11.7. The number of hydrogen-bond donors (Lipinski definition) is 2. The summed E-state index contributed by atoms with van der Waals surface area (Å²) in [6, 6.07) is 13.4. The third-order valence-electron chi connectivity index (χ3n) is 3.57. The van der Waals surface area contributed by atoms with Crippen LogP contribution in [0.25, 0.3) is 21.9 Å². The molecule has 0 aliphatic rings. The van der Waals surface area contributed by atoms with Crippen molar-refractivity contribution < 1.29 is 4.79 Å². The molecule has 4 rings (SSSR count). The Hall–Kier alpha value is -3.15. The minimum atomic E-state index is -0.0954. The van der Waals surface area contributed by atoms with Gasteiger partial charge in [-0.3, -0.25) is 9.89 Å². The molecule has 0 fully saturated rings. The molecular formula is C16H13N5O. The lowest BCUT2D eigenvalue weighted by Gasteiger charge is -2.07. The summed E-state index contributed by atoms with van der Waals surface area (Å²) in [5.74, 6) is -0.0954. The Bertz CT molecular complexity index is 969. The summed E-state index contributed by atoms with van der Waals surface area (Å²) in [6.45, 7) is 0.224. The minimum Gasteiger partial charge on any atom is -0.324 e. The summed E-state index contributed by atoms with van der Waals surface area (Å²) in [7, 11) is 0. The first-order valence-corrected chi connectivity index (χ1v) is 6.92. The molecule has 0 bridgehead atoms. The standard InChI is InChI=1S/C16H13N5O/c22-16(9-21-10-17-13-3-1-2-4-15(13)21)19-12-6-5-11-8-18-20-14(11)7-12/h1-8,10H,9H2,(H,18,20)(H,19,22). The normalized spacial score (nSPS) is 11.1. The number of rotatable bonds is 3. The van der Waals surface area contributed by atoms with E-state index in [4.69, 9.17) is 0 Å². The lowest BCUT2D eigenvalue weighted by molar-refractivity contribution is -0.116. The summed E-state index contributed by atoms with van der Waals surface area (Å²) in [5.41, 5.74) is 3.47. The van der Waals surface area contributed by atoms with E-state index >= 15 is 0 Å². The van der Waals surface area contributed by atoms with Crippen LogP contribution in [0.1, 0.15) is 0 Å². The number of carbonyl (C=O) groups is 1. The molecule has 0 unspecified atom stereocenters. The molecule has 0 atom stereocenters. The average Bonchev–Trinajstić information content (AvgIpc) is 3.14. The predicted molar refractivity (Wildman–Crippen MR) is 84.5 cm³/mol. The van der Waals surface area contributed by atoms with E-state index in [1.807, 2.05) is 47.0 Å². The fourth-order valence-corrected chi connectivity index (χ4v) is 2.51. The van der Waals surface area contributed by atoms with Gasteiger partial charge in [-0.05, 0) is 30.3 Å². The molecule has 2 aromatic carbocycles. The molecule has 0 radical (unpaired) electrons. The first-order valence-electron chi connectivity index (χ1n) is 6.92. The molecule has 0 aliphatic heterocycles. The van der Waals surface area contributed by atoms with Crippen LogP contribution in [0.5, 0.6) is 0 Å². The van der Waals surface area contributed by atoms with Crippen LogP contribution < -0.4 is 5.32 Å². The molecule has 6 nitrogen and oxygen atoms in total. The number of aromatic nitrogens is 4. The number of nitrogens with one attached hydrogen (secondary N) is 2. The topological polar surface area (TPSA) is 75.6 Å². The lowest BCUT2D eigenvalue weighted by atomic mass is 10.2. The van der Waals surface area contributed by atoms with E-state index < -0.39 is 0 Å². The van der Waals surface area contributed by atoms with Crippen LogP contribution >= 0.6 is 0 Å². The van der Waals surface area contributed by atoms with Gasteiger partial charge in [-0.25, -0.2) is 4.98 Å². The summed E-state index contributed by atoms with van der Waals surface area (Å²) in [4.78, 5) is 16.5. The van der Waals surface area contributed by atoms with E-state index in [2.05, 4.69) is 20.5 Å². The Kier molecular flexibility index (Phi) is 2.86. The van der Waals surface area contributed by atoms with Crippen LogP contribution in [0.4, 0.5) is 5.69 Å². The van der Waals surface area contributed by atoms with Crippen LogP contribution in [0.3, 0.4) is 0 Å². The molecule has 0 spiro atoms. The number of aromatic amines is 1. The van der Waals surface area contributed by atoms with Crippen LogP contribution in [0.2, 0.25) is 0 Å². The fourth-order valence-electron chi connectivity index (χ4n) is 2.51. The quantitative estimate of drug-likeness (QED) is 0.609. The third kappa shape index (κ3) is 2.20. The van der Waals surface area contributed by atoms with Crippen molar-refractivity contribution in [3.63, 3.8) is 0 Å². The average molecular weight is 291 g/mol. The smallest absolute Gasteiger partial charge is 0.244 e. The maximum absolute atomic E-state index is 12.2. The highest BCUT2D eigenvalue weighted by Gasteiger charge is 2.08. The number of anilines is 1. The van der Waals surface area contributed by atoms with E-state index in [1.165, 1.54) is 0 Å². The second-order valence-electron chi connectivity index (χ2n) is 5.08. The first kappa shape index (κ1) is 12.6. The van der Waals surface area contributed by atoms with Gasteiger partial charge in [-0.15, -0.1) is 0 Å². The molecule has 6 heteroatoms. The van der Waals surface area contributed by atoms with Gasteiger partial charge in [-0.1, -0.05) is 12.1 Å². The molecule has 0 saturated heterocycles. The number of nitrogens with zero attached hydrogens (tertiary/aromatic N) is 3. The highest BCUT2D eigenvalue weighted by Crippen LogP contribution is 2.17. The molecule has 2 N–H and O–H groups in total. The Morgan fingerprint density at radius 1 is 1.23 bits per heavy atom. The van der Waals surface area contributed by atoms with Gasteiger partial charge in [-0.2, -0.15) is 5.10 Å². The molecule has 1 amide bonds. The number of fused-ring (bicyclic) bond motifs is 2. The number of amides is 1. The van der Waals surface area contributed by atoms with E-state index in [-0.39, 0.29) is 12.5 Å². The van der Waals surface area contributed by atoms with Gasteiger partial charge < -0.3 is 9.88 Å². The zero-order chi connectivity index (χ0) is 14.9. The van der Waals surface area contributed by atoms with Crippen molar-refractivity contribution in [2.24, 2.45) is 0 Å². The maximum Gasteiger partial charge on any atom is 0.244 e. The van der Waals surface area contributed by atoms with Crippen molar-refractivity contribution in [1.29, 1.82) is 0 Å². The van der Waals surface area contributed by atoms with Crippen LogP contribution in [-0.4, -0.2) is 25.7 Å². The van der Waals surface area contributed by atoms with Gasteiger partial charge in [0.2, 0.25) is 5.91 Å². The Labute approximate surface area is 125 Å². The maximum atomic E-state index is 12.2. The summed E-state index contributed by atoms with van der Waals surface area (Å²) in [5, 5.41) is 10.8. The largest absolute Gasteiger partial charge is 0.324 e. The van der Waals surface area contributed by atoms with Gasteiger partial charge >= 0.3 is 0 Å². The number of imidazole rings is 1. The van der Waals surface area contributed by atoms with Gasteiger partial charge in [0.25, 0.3) is 0 Å². The molecule has 2 heterocycles. The van der Waals surface area contributed by atoms with Gasteiger partial charge in [0.05, 0.1) is 29.1 Å². The molecule has 0 saturated carbocycles. The van der Waals surface area contributed by atoms with Crippen molar-refractivity contribution in [3.8, 4) is 0 Å². The Morgan fingerprint density at radius 2 is 2.14 bits per heavy atom. The molecule has 22 heavy (non-hydrogen) atoms. The molecule has 0 aliphatic carbocycles. The minimum absolute atomic E-state index is 0.0954. The summed E-state index contributed by atoms with van der Waals surface area (Å²) in [6.07, 6.45) is 3.43. The number of para-hydroxylation sites is 2. The van der Waals surface area contributed by atoms with Gasteiger partial charge in [0.15, 0.2) is 0 Å². The monoisotopic (exact) mass is 291 g/mol. The van der Waals surface area contributed by atoms with Crippen molar-refractivity contribution in [1.82, 2.24) is 19.7 Å². The summed E-state index contributed by atoms with van der Waals surface area (Å²) < 4.78 is 1.83. The number of carbonyl (C=O) groups excluding carboxylic acids is 1. The van der Waals surface area contributed by atoms with Crippen LogP contribution in [0.15, 0.2) is 55.0 Å². The first-order chi connectivity index (χ1) is 10.8.